The van der Waals surface area contributed by atoms with Crippen LogP contribution in [0.15, 0.2) is 18.2 Å². The highest BCUT2D eigenvalue weighted by Crippen LogP contribution is 2.39. The lowest BCUT2D eigenvalue weighted by Gasteiger charge is -2.33. The van der Waals surface area contributed by atoms with Crippen LogP contribution in [0.3, 0.4) is 0 Å². The molecule has 2 heterocycles. The molecule has 3 atom stereocenters. The van der Waals surface area contributed by atoms with Crippen molar-refractivity contribution in [1.29, 1.82) is 0 Å². The molecule has 1 saturated carbocycles. The van der Waals surface area contributed by atoms with Gasteiger partial charge in [-0.05, 0) is 62.1 Å². The number of likely N-dealkylation sites (tertiary alicyclic amines) is 1. The lowest BCUT2D eigenvalue weighted by molar-refractivity contribution is -0.134. The van der Waals surface area contributed by atoms with E-state index >= 15 is 0 Å². The molecule has 1 aliphatic carbocycles. The molecule has 0 spiro atoms. The van der Waals surface area contributed by atoms with Crippen molar-refractivity contribution in [1.82, 2.24) is 4.90 Å². The first kappa shape index (κ1) is 16.6. The van der Waals surface area contributed by atoms with E-state index in [1.54, 1.807) is 0 Å². The lowest BCUT2D eigenvalue weighted by Crippen LogP contribution is -2.42. The van der Waals surface area contributed by atoms with Gasteiger partial charge in [0.2, 0.25) is 11.8 Å². The Morgan fingerprint density at radius 1 is 1.28 bits per heavy atom. The number of hydrogen-bond acceptors (Lipinski definition) is 2. The van der Waals surface area contributed by atoms with Crippen LogP contribution in [0.25, 0.3) is 0 Å². The Morgan fingerprint density at radius 3 is 3.00 bits per heavy atom. The van der Waals surface area contributed by atoms with Crippen molar-refractivity contribution in [3.05, 3.63) is 29.3 Å². The number of hydrogen-bond donors (Lipinski definition) is 1. The summed E-state index contributed by atoms with van der Waals surface area (Å²) < 4.78 is 0. The van der Waals surface area contributed by atoms with Gasteiger partial charge in [-0.25, -0.2) is 0 Å². The third kappa shape index (κ3) is 3.31. The molecule has 2 fully saturated rings. The van der Waals surface area contributed by atoms with Crippen LogP contribution >= 0.6 is 0 Å². The van der Waals surface area contributed by atoms with Gasteiger partial charge in [0.15, 0.2) is 0 Å². The summed E-state index contributed by atoms with van der Waals surface area (Å²) in [6.45, 7) is 2.22. The number of anilines is 1. The Balaban J connectivity index is 1.32. The Labute approximate surface area is 150 Å². The first-order valence-corrected chi connectivity index (χ1v) is 9.84. The van der Waals surface area contributed by atoms with Crippen LogP contribution in [0, 0.1) is 5.92 Å². The number of fused-ring (bicyclic) bond motifs is 2. The second-order valence-corrected chi connectivity index (χ2v) is 8.07. The largest absolute Gasteiger partial charge is 0.337 e. The molecule has 4 nitrogen and oxygen atoms in total. The van der Waals surface area contributed by atoms with Gasteiger partial charge in [0.25, 0.3) is 0 Å². The SMILES string of the molecule is C[C@@H]1C[C@@H]2CCCC[C@@H]2N1C(=O)CCCc1ccc2c(c1)CC(=O)N2. The Morgan fingerprint density at radius 2 is 2.12 bits per heavy atom. The minimum Gasteiger partial charge on any atom is -0.337 e. The standard InChI is InChI=1S/C21H28N2O2/c1-14-11-16-6-2-3-7-19(16)23(14)21(25)8-4-5-15-9-10-18-17(12-15)13-20(24)22-18/h9-10,12,14,16,19H,2-8,11,13H2,1H3,(H,22,24)/t14-,16+,19+/m1/s1. The summed E-state index contributed by atoms with van der Waals surface area (Å²) in [5, 5.41) is 2.87. The van der Waals surface area contributed by atoms with Gasteiger partial charge in [0.05, 0.1) is 6.42 Å². The number of carbonyl (C=O) groups is 2. The third-order valence-corrected chi connectivity index (χ3v) is 6.28. The van der Waals surface area contributed by atoms with Crippen molar-refractivity contribution in [2.45, 2.75) is 76.8 Å². The zero-order chi connectivity index (χ0) is 17.4. The van der Waals surface area contributed by atoms with Gasteiger partial charge in [-0.1, -0.05) is 25.0 Å². The average molecular weight is 340 g/mol. The van der Waals surface area contributed by atoms with E-state index in [1.807, 2.05) is 6.07 Å². The molecule has 2 amide bonds. The maximum absolute atomic E-state index is 12.8. The number of carbonyl (C=O) groups excluding carboxylic acids is 2. The molecule has 1 N–H and O–H groups in total. The van der Waals surface area contributed by atoms with Crippen molar-refractivity contribution in [3.63, 3.8) is 0 Å². The smallest absolute Gasteiger partial charge is 0.228 e. The zero-order valence-electron chi connectivity index (χ0n) is 15.1. The molecule has 0 radical (unpaired) electrons. The molecular weight excluding hydrogens is 312 g/mol. The minimum atomic E-state index is 0.0763. The first-order chi connectivity index (χ1) is 12.1. The molecule has 1 aromatic rings. The molecule has 0 aromatic heterocycles. The van der Waals surface area contributed by atoms with Gasteiger partial charge in [-0.15, -0.1) is 0 Å². The molecule has 3 aliphatic rings. The molecule has 134 valence electrons. The third-order valence-electron chi connectivity index (χ3n) is 6.28. The number of nitrogens with zero attached hydrogens (tertiary/aromatic N) is 1. The Bertz CT molecular complexity index is 684. The fourth-order valence-electron chi connectivity index (χ4n) is 5.15. The van der Waals surface area contributed by atoms with Crippen molar-refractivity contribution in [3.8, 4) is 0 Å². The van der Waals surface area contributed by atoms with Crippen molar-refractivity contribution in [2.75, 3.05) is 5.32 Å². The summed E-state index contributed by atoms with van der Waals surface area (Å²) in [6.07, 6.45) is 9.24. The predicted molar refractivity (Wildman–Crippen MR) is 98.4 cm³/mol. The van der Waals surface area contributed by atoms with Crippen LogP contribution in [0.1, 0.15) is 63.0 Å². The highest BCUT2D eigenvalue weighted by atomic mass is 16.2. The van der Waals surface area contributed by atoms with E-state index in [2.05, 4.69) is 29.3 Å². The van der Waals surface area contributed by atoms with Crippen molar-refractivity contribution >= 4 is 17.5 Å². The zero-order valence-corrected chi connectivity index (χ0v) is 15.1. The van der Waals surface area contributed by atoms with Crippen molar-refractivity contribution in [2.24, 2.45) is 5.92 Å². The number of nitrogens with one attached hydrogen (secondary N) is 1. The summed E-state index contributed by atoms with van der Waals surface area (Å²) in [4.78, 5) is 26.5. The summed E-state index contributed by atoms with van der Waals surface area (Å²) in [5.41, 5.74) is 3.26. The molecule has 25 heavy (non-hydrogen) atoms. The van der Waals surface area contributed by atoms with Gasteiger partial charge in [-0.3, -0.25) is 9.59 Å². The second-order valence-electron chi connectivity index (χ2n) is 8.07. The van der Waals surface area contributed by atoms with E-state index < -0.39 is 0 Å². The second kappa shape index (κ2) is 6.81. The topological polar surface area (TPSA) is 49.4 Å². The number of rotatable bonds is 4. The molecule has 4 heteroatoms. The van der Waals surface area contributed by atoms with E-state index in [-0.39, 0.29) is 5.91 Å². The van der Waals surface area contributed by atoms with Gasteiger partial charge < -0.3 is 10.2 Å². The van der Waals surface area contributed by atoms with Gasteiger partial charge in [-0.2, -0.15) is 0 Å². The van der Waals surface area contributed by atoms with Crippen LogP contribution in [0.5, 0.6) is 0 Å². The monoisotopic (exact) mass is 340 g/mol. The summed E-state index contributed by atoms with van der Waals surface area (Å²) in [6, 6.07) is 7.11. The van der Waals surface area contributed by atoms with Gasteiger partial charge in [0.1, 0.15) is 0 Å². The number of aryl methyl sites for hydroxylation is 1. The molecule has 1 saturated heterocycles. The van der Waals surface area contributed by atoms with Crippen LogP contribution in [-0.4, -0.2) is 28.8 Å². The maximum atomic E-state index is 12.8. The molecular formula is C21H28N2O2. The van der Waals surface area contributed by atoms with Crippen LogP contribution in [0.2, 0.25) is 0 Å². The molecule has 1 aromatic carbocycles. The molecule has 0 bridgehead atoms. The van der Waals surface area contributed by atoms with E-state index in [0.29, 0.717) is 30.8 Å². The fraction of sp³-hybridized carbons (Fsp3) is 0.619. The maximum Gasteiger partial charge on any atom is 0.228 e. The first-order valence-electron chi connectivity index (χ1n) is 9.84. The van der Waals surface area contributed by atoms with Crippen LogP contribution in [0.4, 0.5) is 5.69 Å². The van der Waals surface area contributed by atoms with Crippen molar-refractivity contribution < 1.29 is 9.59 Å². The van der Waals surface area contributed by atoms with Gasteiger partial charge in [0, 0.05) is 24.2 Å². The van der Waals surface area contributed by atoms with E-state index in [1.165, 1.54) is 37.7 Å². The summed E-state index contributed by atoms with van der Waals surface area (Å²) >= 11 is 0. The Hall–Kier alpha value is -1.84. The van der Waals surface area contributed by atoms with E-state index in [4.69, 9.17) is 0 Å². The molecule has 2 aliphatic heterocycles. The average Bonchev–Trinajstić information content (AvgIpc) is 3.12. The number of amides is 2. The van der Waals surface area contributed by atoms with Crippen LogP contribution < -0.4 is 5.32 Å². The highest BCUT2D eigenvalue weighted by molar-refractivity contribution is 5.99. The number of benzene rings is 1. The summed E-state index contributed by atoms with van der Waals surface area (Å²) in [7, 11) is 0. The van der Waals surface area contributed by atoms with Crippen LogP contribution in [-0.2, 0) is 22.4 Å². The lowest BCUT2D eigenvalue weighted by atomic mass is 9.85. The Kier molecular flexibility index (Phi) is 4.53. The normalized spacial score (nSPS) is 27.8. The predicted octanol–water partition coefficient (Wildman–Crippen LogP) is 3.68. The fourth-order valence-corrected chi connectivity index (χ4v) is 5.15. The summed E-state index contributed by atoms with van der Waals surface area (Å²) in [5.74, 6) is 1.17. The highest BCUT2D eigenvalue weighted by Gasteiger charge is 2.41. The minimum absolute atomic E-state index is 0.0763. The van der Waals surface area contributed by atoms with Gasteiger partial charge >= 0.3 is 0 Å². The van der Waals surface area contributed by atoms with E-state index in [0.717, 1.165) is 30.0 Å². The quantitative estimate of drug-likeness (QED) is 0.909. The van der Waals surface area contributed by atoms with E-state index in [9.17, 15) is 9.59 Å². The molecule has 0 unspecified atom stereocenters. The molecule has 4 rings (SSSR count).